The van der Waals surface area contributed by atoms with E-state index in [4.69, 9.17) is 0 Å². The molecule has 0 N–H and O–H groups in total. The molecule has 7 heteroatoms. The van der Waals surface area contributed by atoms with Crippen LogP contribution in [0.3, 0.4) is 0 Å². The number of hydrogen-bond acceptors (Lipinski definition) is 4. The van der Waals surface area contributed by atoms with Gasteiger partial charge in [0.2, 0.25) is 5.91 Å². The summed E-state index contributed by atoms with van der Waals surface area (Å²) in [6, 6.07) is 16.0. The fourth-order valence-electron chi connectivity index (χ4n) is 3.09. The second-order valence-electron chi connectivity index (χ2n) is 6.68. The Morgan fingerprint density at radius 1 is 1.00 bits per heavy atom. The normalized spacial score (nSPS) is 13.8. The van der Waals surface area contributed by atoms with Crippen molar-refractivity contribution in [3.05, 3.63) is 78.4 Å². The van der Waals surface area contributed by atoms with Crippen LogP contribution in [0, 0.1) is 6.92 Å². The number of anilines is 1. The summed E-state index contributed by atoms with van der Waals surface area (Å²) in [7, 11) is 0. The molecule has 0 spiro atoms. The van der Waals surface area contributed by atoms with Crippen molar-refractivity contribution in [2.75, 3.05) is 18.0 Å². The number of urea groups is 1. The van der Waals surface area contributed by atoms with Crippen LogP contribution in [0.15, 0.2) is 67.3 Å². The van der Waals surface area contributed by atoms with E-state index in [0.29, 0.717) is 10.6 Å². The van der Waals surface area contributed by atoms with E-state index >= 15 is 0 Å². The number of imide groups is 2. The lowest BCUT2D eigenvalue weighted by Gasteiger charge is -2.25. The van der Waals surface area contributed by atoms with E-state index in [9.17, 15) is 19.2 Å². The summed E-state index contributed by atoms with van der Waals surface area (Å²) in [5.41, 5.74) is 2.51. The summed E-state index contributed by atoms with van der Waals surface area (Å²) >= 11 is 0. The van der Waals surface area contributed by atoms with Crippen LogP contribution in [0.25, 0.3) is 0 Å². The van der Waals surface area contributed by atoms with Crippen molar-refractivity contribution >= 4 is 29.4 Å². The molecular formula is C22H21N3O4. The highest BCUT2D eigenvalue weighted by Gasteiger charge is 2.45. The summed E-state index contributed by atoms with van der Waals surface area (Å²) in [5, 5.41) is 0. The number of carbonyl (C=O) groups excluding carboxylic acids is 4. The van der Waals surface area contributed by atoms with Crippen molar-refractivity contribution in [1.82, 2.24) is 9.80 Å². The zero-order chi connectivity index (χ0) is 21.0. The number of amides is 5. The van der Waals surface area contributed by atoms with Crippen molar-refractivity contribution in [2.45, 2.75) is 13.5 Å². The minimum Gasteiger partial charge on any atom is -0.306 e. The molecule has 2 aromatic rings. The lowest BCUT2D eigenvalue weighted by atomic mass is 10.1. The zero-order valence-corrected chi connectivity index (χ0v) is 16.1. The molecule has 2 aromatic carbocycles. The Morgan fingerprint density at radius 2 is 1.69 bits per heavy atom. The lowest BCUT2D eigenvalue weighted by molar-refractivity contribution is -0.143. The van der Waals surface area contributed by atoms with E-state index in [0.717, 1.165) is 16.0 Å². The molecule has 0 unspecified atom stereocenters. The molecule has 0 aliphatic carbocycles. The molecule has 1 heterocycles. The Kier molecular flexibility index (Phi) is 5.87. The van der Waals surface area contributed by atoms with Gasteiger partial charge in [-0.15, -0.1) is 6.58 Å². The molecule has 0 saturated carbocycles. The fraction of sp³-hybridized carbons (Fsp3) is 0.182. The Morgan fingerprint density at radius 3 is 2.34 bits per heavy atom. The van der Waals surface area contributed by atoms with Crippen LogP contribution in [-0.2, 0) is 20.9 Å². The Labute approximate surface area is 168 Å². The first-order valence-corrected chi connectivity index (χ1v) is 9.11. The number of carbonyl (C=O) groups is 4. The van der Waals surface area contributed by atoms with Gasteiger partial charge in [-0.2, -0.15) is 0 Å². The monoisotopic (exact) mass is 391 g/mol. The van der Waals surface area contributed by atoms with Gasteiger partial charge >= 0.3 is 17.8 Å². The van der Waals surface area contributed by atoms with Gasteiger partial charge in [0.1, 0.15) is 6.54 Å². The van der Waals surface area contributed by atoms with Crippen LogP contribution in [0.4, 0.5) is 10.5 Å². The maximum atomic E-state index is 13.1. The maximum absolute atomic E-state index is 13.1. The van der Waals surface area contributed by atoms with Gasteiger partial charge in [-0.1, -0.05) is 48.5 Å². The fourth-order valence-corrected chi connectivity index (χ4v) is 3.09. The van der Waals surface area contributed by atoms with Crippen LogP contribution in [-0.4, -0.2) is 46.6 Å². The molecule has 0 atom stereocenters. The predicted molar refractivity (Wildman–Crippen MR) is 108 cm³/mol. The lowest BCUT2D eigenvalue weighted by Crippen LogP contribution is -2.43. The molecule has 0 radical (unpaired) electrons. The maximum Gasteiger partial charge on any atom is 0.335 e. The average Bonchev–Trinajstić information content (AvgIpc) is 2.91. The third kappa shape index (κ3) is 4.24. The number of nitrogens with zero attached hydrogens (tertiary/aromatic N) is 3. The minimum atomic E-state index is -1.01. The topological polar surface area (TPSA) is 78.0 Å². The van der Waals surface area contributed by atoms with Crippen LogP contribution < -0.4 is 4.90 Å². The highest BCUT2D eigenvalue weighted by atomic mass is 16.2. The highest BCUT2D eigenvalue weighted by Crippen LogP contribution is 2.21. The second-order valence-corrected chi connectivity index (χ2v) is 6.68. The van der Waals surface area contributed by atoms with E-state index < -0.39 is 30.3 Å². The van der Waals surface area contributed by atoms with Crippen molar-refractivity contribution < 1.29 is 19.2 Å². The van der Waals surface area contributed by atoms with E-state index in [1.807, 2.05) is 55.5 Å². The highest BCUT2D eigenvalue weighted by molar-refractivity contribution is 6.45. The first kappa shape index (κ1) is 20.0. The number of aryl methyl sites for hydroxylation is 1. The van der Waals surface area contributed by atoms with E-state index in [-0.39, 0.29) is 13.1 Å². The van der Waals surface area contributed by atoms with Crippen LogP contribution in [0.2, 0.25) is 0 Å². The van der Waals surface area contributed by atoms with Gasteiger partial charge in [0.05, 0.1) is 6.54 Å². The molecule has 1 aliphatic heterocycles. The van der Waals surface area contributed by atoms with Crippen molar-refractivity contribution in [1.29, 1.82) is 0 Å². The smallest absolute Gasteiger partial charge is 0.306 e. The average molecular weight is 391 g/mol. The van der Waals surface area contributed by atoms with Gasteiger partial charge in [-0.05, 0) is 30.2 Å². The first-order chi connectivity index (χ1) is 13.9. The van der Waals surface area contributed by atoms with Gasteiger partial charge in [-0.25, -0.2) is 9.69 Å². The quantitative estimate of drug-likeness (QED) is 0.413. The Hall–Kier alpha value is -3.74. The Bertz CT molecular complexity index is 971. The Balaban J connectivity index is 1.87. The number of hydrogen-bond donors (Lipinski definition) is 0. The first-order valence-electron chi connectivity index (χ1n) is 9.11. The molecule has 1 saturated heterocycles. The zero-order valence-electron chi connectivity index (χ0n) is 16.1. The van der Waals surface area contributed by atoms with Gasteiger partial charge in [0.25, 0.3) is 0 Å². The van der Waals surface area contributed by atoms with E-state index in [1.54, 1.807) is 6.07 Å². The summed E-state index contributed by atoms with van der Waals surface area (Å²) in [6.07, 6.45) is 1.35. The summed E-state index contributed by atoms with van der Waals surface area (Å²) in [4.78, 5) is 52.7. The largest absolute Gasteiger partial charge is 0.335 e. The van der Waals surface area contributed by atoms with Gasteiger partial charge in [-0.3, -0.25) is 19.3 Å². The van der Waals surface area contributed by atoms with Gasteiger partial charge in [0.15, 0.2) is 0 Å². The molecule has 1 aliphatic rings. The molecule has 0 bridgehead atoms. The van der Waals surface area contributed by atoms with Crippen molar-refractivity contribution in [3.8, 4) is 0 Å². The minimum absolute atomic E-state index is 0.0836. The third-order valence-electron chi connectivity index (χ3n) is 4.54. The van der Waals surface area contributed by atoms with E-state index in [2.05, 4.69) is 6.58 Å². The van der Waals surface area contributed by atoms with Gasteiger partial charge in [0, 0.05) is 12.2 Å². The molecule has 3 rings (SSSR count). The molecule has 1 fully saturated rings. The molecule has 29 heavy (non-hydrogen) atoms. The van der Waals surface area contributed by atoms with Crippen LogP contribution >= 0.6 is 0 Å². The predicted octanol–water partition coefficient (Wildman–Crippen LogP) is 2.51. The molecule has 7 nitrogen and oxygen atoms in total. The molecule has 0 aromatic heterocycles. The SMILES string of the molecule is C=CCN1C(=O)C(=O)N(CC(=O)N(Cc2ccccc2)c2cccc(C)c2)C1=O. The van der Waals surface area contributed by atoms with Crippen molar-refractivity contribution in [2.24, 2.45) is 0 Å². The third-order valence-corrected chi connectivity index (χ3v) is 4.54. The molecular weight excluding hydrogens is 370 g/mol. The summed E-state index contributed by atoms with van der Waals surface area (Å²) in [5.74, 6) is -2.42. The summed E-state index contributed by atoms with van der Waals surface area (Å²) < 4.78 is 0. The number of benzene rings is 2. The standard InChI is InChI=1S/C22H21N3O4/c1-3-12-23-20(27)21(28)25(22(23)29)15-19(26)24(14-17-9-5-4-6-10-17)18-11-7-8-16(2)13-18/h3-11,13H,1,12,14-15H2,2H3. The number of rotatable bonds is 7. The van der Waals surface area contributed by atoms with Crippen LogP contribution in [0.5, 0.6) is 0 Å². The molecule has 5 amide bonds. The van der Waals surface area contributed by atoms with Crippen molar-refractivity contribution in [3.63, 3.8) is 0 Å². The van der Waals surface area contributed by atoms with Crippen LogP contribution in [0.1, 0.15) is 11.1 Å². The summed E-state index contributed by atoms with van der Waals surface area (Å²) in [6.45, 7) is 5.05. The second kappa shape index (κ2) is 8.52. The molecule has 148 valence electrons. The van der Waals surface area contributed by atoms with E-state index in [1.165, 1.54) is 11.0 Å². The van der Waals surface area contributed by atoms with Gasteiger partial charge < -0.3 is 4.90 Å².